The number of benzene rings is 1. The Morgan fingerprint density at radius 3 is 2.42 bits per heavy atom. The summed E-state index contributed by atoms with van der Waals surface area (Å²) < 4.78 is 72.1. The van der Waals surface area contributed by atoms with Crippen LogP contribution in [0.4, 0.5) is 22.0 Å². The van der Waals surface area contributed by atoms with Gasteiger partial charge in [0.15, 0.2) is 5.60 Å². The Morgan fingerprint density at radius 2 is 1.77 bits per heavy atom. The van der Waals surface area contributed by atoms with Gasteiger partial charge in [0.2, 0.25) is 0 Å². The van der Waals surface area contributed by atoms with Crippen molar-refractivity contribution < 1.29 is 27.1 Å². The van der Waals surface area contributed by atoms with Gasteiger partial charge in [0.05, 0.1) is 6.54 Å². The SMILES string of the molecule is OC(Cn1cnnn1)(c1cc(F)ccc1F)C(F)(F)c1cc(F)ccn1. The van der Waals surface area contributed by atoms with Crippen LogP contribution in [0.2, 0.25) is 0 Å². The molecule has 2 heterocycles. The van der Waals surface area contributed by atoms with E-state index in [2.05, 4.69) is 20.5 Å². The van der Waals surface area contributed by atoms with Crippen LogP contribution in [0.5, 0.6) is 0 Å². The number of hydrogen-bond donors (Lipinski definition) is 1. The minimum atomic E-state index is -4.32. The fourth-order valence-electron chi connectivity index (χ4n) is 2.44. The molecule has 1 unspecified atom stereocenters. The molecule has 3 rings (SSSR count). The molecule has 1 atom stereocenters. The lowest BCUT2D eigenvalue weighted by Gasteiger charge is -2.35. The molecule has 0 spiro atoms. The van der Waals surface area contributed by atoms with E-state index < -0.39 is 46.8 Å². The number of rotatable bonds is 5. The molecule has 0 aliphatic heterocycles. The standard InChI is InChI=1S/C15H10F5N5O/c16-9-1-2-12(18)11(5-9)14(26,7-25-8-22-23-24-25)15(19,20)13-6-10(17)3-4-21-13/h1-6,8,26H,7H2. The highest BCUT2D eigenvalue weighted by atomic mass is 19.3. The molecule has 6 nitrogen and oxygen atoms in total. The van der Waals surface area contributed by atoms with Gasteiger partial charge >= 0.3 is 5.92 Å². The topological polar surface area (TPSA) is 76.7 Å². The summed E-state index contributed by atoms with van der Waals surface area (Å²) in [4.78, 5) is 3.36. The van der Waals surface area contributed by atoms with Crippen LogP contribution in [0.15, 0.2) is 42.9 Å². The maximum absolute atomic E-state index is 15.1. The van der Waals surface area contributed by atoms with Crippen LogP contribution in [0.25, 0.3) is 0 Å². The first kappa shape index (κ1) is 17.9. The molecule has 3 aromatic rings. The smallest absolute Gasteiger partial charge is 0.323 e. The van der Waals surface area contributed by atoms with Crippen molar-refractivity contribution in [2.45, 2.75) is 18.1 Å². The molecular weight excluding hydrogens is 361 g/mol. The van der Waals surface area contributed by atoms with Crippen LogP contribution in [-0.2, 0) is 18.1 Å². The zero-order valence-electron chi connectivity index (χ0n) is 12.8. The predicted molar refractivity (Wildman–Crippen MR) is 76.2 cm³/mol. The number of pyridine rings is 1. The molecule has 0 aliphatic carbocycles. The summed E-state index contributed by atoms with van der Waals surface area (Å²) in [6.07, 6.45) is 1.66. The van der Waals surface area contributed by atoms with Gasteiger partial charge in [-0.05, 0) is 34.7 Å². The lowest BCUT2D eigenvalue weighted by atomic mass is 9.84. The van der Waals surface area contributed by atoms with Crippen molar-refractivity contribution in [3.8, 4) is 0 Å². The van der Waals surface area contributed by atoms with Gasteiger partial charge in [-0.3, -0.25) is 4.98 Å². The molecule has 0 saturated carbocycles. The highest BCUT2D eigenvalue weighted by Crippen LogP contribution is 2.46. The molecule has 0 radical (unpaired) electrons. The first-order valence-corrected chi connectivity index (χ1v) is 7.12. The number of alkyl halides is 2. The average Bonchev–Trinajstić information content (AvgIpc) is 3.09. The van der Waals surface area contributed by atoms with Crippen molar-refractivity contribution >= 4 is 0 Å². The van der Waals surface area contributed by atoms with E-state index in [1.807, 2.05) is 0 Å². The lowest BCUT2D eigenvalue weighted by molar-refractivity contribution is -0.208. The molecule has 1 aromatic carbocycles. The minimum Gasteiger partial charge on any atom is -0.377 e. The summed E-state index contributed by atoms with van der Waals surface area (Å²) in [7, 11) is 0. The van der Waals surface area contributed by atoms with Crippen molar-refractivity contribution in [1.82, 2.24) is 25.2 Å². The maximum Gasteiger partial charge on any atom is 0.323 e. The predicted octanol–water partition coefficient (Wildman–Crippen LogP) is 2.17. The molecule has 26 heavy (non-hydrogen) atoms. The number of halogens is 5. The van der Waals surface area contributed by atoms with Crippen molar-refractivity contribution in [2.75, 3.05) is 0 Å². The highest BCUT2D eigenvalue weighted by Gasteiger charge is 2.58. The number of aliphatic hydroxyl groups is 1. The zero-order valence-corrected chi connectivity index (χ0v) is 12.8. The first-order chi connectivity index (χ1) is 12.2. The van der Waals surface area contributed by atoms with E-state index in [1.54, 1.807) is 0 Å². The summed E-state index contributed by atoms with van der Waals surface area (Å²) in [5.74, 6) is -7.72. The van der Waals surface area contributed by atoms with Crippen LogP contribution in [0.3, 0.4) is 0 Å². The number of nitrogens with zero attached hydrogens (tertiary/aromatic N) is 5. The summed E-state index contributed by atoms with van der Waals surface area (Å²) in [6, 6.07) is 2.93. The third-order valence-corrected chi connectivity index (χ3v) is 3.72. The highest BCUT2D eigenvalue weighted by molar-refractivity contribution is 5.31. The summed E-state index contributed by atoms with van der Waals surface area (Å²) in [5, 5.41) is 20.6. The second-order valence-electron chi connectivity index (χ2n) is 5.43. The summed E-state index contributed by atoms with van der Waals surface area (Å²) in [5.41, 5.74) is -5.59. The van der Waals surface area contributed by atoms with E-state index in [1.165, 1.54) is 0 Å². The molecule has 2 aromatic heterocycles. The van der Waals surface area contributed by atoms with Crippen LogP contribution in [0, 0.1) is 17.5 Å². The number of aromatic nitrogens is 5. The molecule has 0 bridgehead atoms. The van der Waals surface area contributed by atoms with E-state index in [-0.39, 0.29) is 0 Å². The first-order valence-electron chi connectivity index (χ1n) is 7.12. The van der Waals surface area contributed by atoms with Crippen LogP contribution < -0.4 is 0 Å². The molecule has 136 valence electrons. The van der Waals surface area contributed by atoms with E-state index in [9.17, 15) is 18.3 Å². The molecule has 0 fully saturated rings. The Balaban J connectivity index is 2.21. The quantitative estimate of drug-likeness (QED) is 0.696. The van der Waals surface area contributed by atoms with Gasteiger partial charge < -0.3 is 5.11 Å². The second-order valence-corrected chi connectivity index (χ2v) is 5.43. The van der Waals surface area contributed by atoms with Crippen molar-refractivity contribution in [3.05, 3.63) is 71.6 Å². The summed E-state index contributed by atoms with van der Waals surface area (Å²) in [6.45, 7) is -1.05. The van der Waals surface area contributed by atoms with Gasteiger partial charge in [-0.1, -0.05) is 0 Å². The largest absolute Gasteiger partial charge is 0.377 e. The molecule has 0 aliphatic rings. The molecule has 11 heteroatoms. The van der Waals surface area contributed by atoms with Gasteiger partial charge in [0.1, 0.15) is 29.5 Å². The van der Waals surface area contributed by atoms with Crippen molar-refractivity contribution in [2.24, 2.45) is 0 Å². The van der Waals surface area contributed by atoms with Gasteiger partial charge in [-0.2, -0.15) is 8.78 Å². The van der Waals surface area contributed by atoms with E-state index in [4.69, 9.17) is 0 Å². The normalized spacial score (nSPS) is 14.2. The molecular formula is C15H10F5N5O. The Bertz CT molecular complexity index is 921. The Hall–Kier alpha value is -2.95. The van der Waals surface area contributed by atoms with Crippen molar-refractivity contribution in [3.63, 3.8) is 0 Å². The number of hydrogen-bond acceptors (Lipinski definition) is 5. The fourth-order valence-corrected chi connectivity index (χ4v) is 2.44. The van der Waals surface area contributed by atoms with Crippen LogP contribution in [-0.4, -0.2) is 30.3 Å². The second kappa shape index (κ2) is 6.41. The number of tetrazole rings is 1. The van der Waals surface area contributed by atoms with Gasteiger partial charge in [0, 0.05) is 17.8 Å². The van der Waals surface area contributed by atoms with E-state index in [0.717, 1.165) is 18.6 Å². The Kier molecular flexibility index (Phi) is 4.40. The minimum absolute atomic E-state index is 0.391. The van der Waals surface area contributed by atoms with Crippen LogP contribution in [0.1, 0.15) is 11.3 Å². The maximum atomic E-state index is 15.1. The van der Waals surface area contributed by atoms with Crippen molar-refractivity contribution in [1.29, 1.82) is 0 Å². The van der Waals surface area contributed by atoms with Gasteiger partial charge in [0.25, 0.3) is 0 Å². The van der Waals surface area contributed by atoms with Gasteiger partial charge in [-0.25, -0.2) is 17.9 Å². The van der Waals surface area contributed by atoms with Gasteiger partial charge in [-0.15, -0.1) is 5.10 Å². The Morgan fingerprint density at radius 1 is 1.04 bits per heavy atom. The average molecular weight is 371 g/mol. The molecule has 1 N–H and O–H groups in total. The van der Waals surface area contributed by atoms with E-state index >= 15 is 8.78 Å². The Labute approximate surface area is 142 Å². The van der Waals surface area contributed by atoms with E-state index in [0.29, 0.717) is 28.9 Å². The fraction of sp³-hybridized carbons (Fsp3) is 0.200. The zero-order chi connectivity index (χ0) is 18.9. The third-order valence-electron chi connectivity index (χ3n) is 3.72. The van der Waals surface area contributed by atoms with Crippen LogP contribution >= 0.6 is 0 Å². The molecule has 0 saturated heterocycles. The molecule has 0 amide bonds. The third kappa shape index (κ3) is 3.01. The lowest BCUT2D eigenvalue weighted by Crippen LogP contribution is -2.48. The monoisotopic (exact) mass is 371 g/mol. The summed E-state index contributed by atoms with van der Waals surface area (Å²) >= 11 is 0.